The highest BCUT2D eigenvalue weighted by Crippen LogP contribution is 2.32. The van der Waals surface area contributed by atoms with E-state index in [0.29, 0.717) is 17.9 Å². The van der Waals surface area contributed by atoms with Crippen LogP contribution in [0.2, 0.25) is 0 Å². The van der Waals surface area contributed by atoms with Gasteiger partial charge < -0.3 is 9.40 Å². The number of nitrogens with one attached hydrogen (secondary N) is 2. The number of nitrogens with zero attached hydrogens (tertiary/aromatic N) is 1. The van der Waals surface area contributed by atoms with Gasteiger partial charge in [0.25, 0.3) is 0 Å². The van der Waals surface area contributed by atoms with Gasteiger partial charge in [0.05, 0.1) is 4.90 Å². The molecule has 5 rings (SSSR count). The average molecular weight is 488 g/mol. The highest BCUT2D eigenvalue weighted by atomic mass is 32.2. The maximum absolute atomic E-state index is 12.9. The molecule has 0 aliphatic rings. The Morgan fingerprint density at radius 1 is 0.914 bits per heavy atom. The van der Waals surface area contributed by atoms with E-state index in [2.05, 4.69) is 21.6 Å². The van der Waals surface area contributed by atoms with Crippen molar-refractivity contribution in [2.45, 2.75) is 43.9 Å². The van der Waals surface area contributed by atoms with Crippen LogP contribution in [0.25, 0.3) is 33.6 Å². The highest BCUT2D eigenvalue weighted by Gasteiger charge is 2.19. The molecule has 0 spiro atoms. The number of rotatable bonds is 10. The van der Waals surface area contributed by atoms with E-state index in [0.717, 1.165) is 40.5 Å². The van der Waals surface area contributed by atoms with Crippen molar-refractivity contribution >= 4 is 32.0 Å². The third-order valence-electron chi connectivity index (χ3n) is 6.29. The topological polar surface area (TPSA) is 88.0 Å². The third kappa shape index (κ3) is 5.01. The van der Waals surface area contributed by atoms with Crippen LogP contribution >= 0.6 is 0 Å². The summed E-state index contributed by atoms with van der Waals surface area (Å²) in [4.78, 5) is 8.34. The number of oxazole rings is 1. The number of para-hydroxylation sites is 3. The Hall–Kier alpha value is -3.42. The summed E-state index contributed by atoms with van der Waals surface area (Å²) >= 11 is 0. The molecule has 6 nitrogen and oxygen atoms in total. The number of aromatic amines is 1. The number of aryl methyl sites for hydroxylation is 1. The van der Waals surface area contributed by atoms with E-state index < -0.39 is 10.0 Å². The fraction of sp³-hybridized carbons (Fsp3) is 0.250. The summed E-state index contributed by atoms with van der Waals surface area (Å²) in [5, 5.41) is 1.03. The lowest BCUT2D eigenvalue weighted by Crippen LogP contribution is -2.26. The quantitative estimate of drug-likeness (QED) is 0.229. The normalized spacial score (nSPS) is 12.0. The van der Waals surface area contributed by atoms with Gasteiger partial charge in [0.1, 0.15) is 11.2 Å². The lowest BCUT2D eigenvalue weighted by molar-refractivity contribution is 0.581. The van der Waals surface area contributed by atoms with Gasteiger partial charge in [-0.15, -0.1) is 0 Å². The van der Waals surface area contributed by atoms with Crippen LogP contribution in [0.15, 0.2) is 82.1 Å². The van der Waals surface area contributed by atoms with Crippen LogP contribution < -0.4 is 4.72 Å². The van der Waals surface area contributed by atoms with Crippen LogP contribution in [0.1, 0.15) is 37.3 Å². The number of unbranched alkanes of at least 4 members (excludes halogenated alkanes) is 2. The second-order valence-corrected chi connectivity index (χ2v) is 10.5. The van der Waals surface area contributed by atoms with Crippen LogP contribution in [-0.4, -0.2) is 24.9 Å². The summed E-state index contributed by atoms with van der Waals surface area (Å²) < 4.78 is 34.6. The van der Waals surface area contributed by atoms with E-state index in [9.17, 15) is 8.42 Å². The molecule has 0 fully saturated rings. The predicted octanol–water partition coefficient (Wildman–Crippen LogP) is 6.23. The number of fused-ring (bicyclic) bond motifs is 2. The first-order valence-electron chi connectivity index (χ1n) is 12.1. The van der Waals surface area contributed by atoms with Gasteiger partial charge in [-0.25, -0.2) is 18.1 Å². The van der Waals surface area contributed by atoms with Gasteiger partial charge in [-0.2, -0.15) is 0 Å². The molecule has 0 radical (unpaired) electrons. The van der Waals surface area contributed by atoms with E-state index >= 15 is 0 Å². The maximum atomic E-state index is 12.9. The summed E-state index contributed by atoms with van der Waals surface area (Å²) in [6.45, 7) is 2.43. The summed E-state index contributed by atoms with van der Waals surface area (Å²) in [5.41, 5.74) is 5.37. The van der Waals surface area contributed by atoms with E-state index in [-0.39, 0.29) is 11.4 Å². The minimum atomic E-state index is -3.61. The Morgan fingerprint density at radius 3 is 2.49 bits per heavy atom. The summed E-state index contributed by atoms with van der Waals surface area (Å²) in [6.07, 6.45) is 4.93. The molecule has 2 aromatic heterocycles. The van der Waals surface area contributed by atoms with Crippen molar-refractivity contribution < 1.29 is 12.8 Å². The number of hydrogen-bond donors (Lipinski definition) is 2. The molecule has 0 unspecified atom stereocenters. The first kappa shape index (κ1) is 23.3. The summed E-state index contributed by atoms with van der Waals surface area (Å²) in [7, 11) is -3.61. The SMILES string of the molecule is CCCCCc1ccc(S(=O)(=O)NCCc2c(-c3nc4ccccc4o3)[nH]c3ccccc23)cc1. The number of aromatic nitrogens is 2. The standard InChI is InChI=1S/C28H29N3O3S/c1-2-3-4-9-20-14-16-21(17-15-20)35(32,33)29-19-18-23-22-10-5-6-11-24(22)30-27(23)28-31-25-12-7-8-13-26(25)34-28/h5-8,10-17,29-30H,2-4,9,18-19H2,1H3. The smallest absolute Gasteiger partial charge is 0.244 e. The molecule has 5 aromatic rings. The molecule has 0 bridgehead atoms. The second kappa shape index (κ2) is 10.1. The fourth-order valence-corrected chi connectivity index (χ4v) is 5.46. The van der Waals surface area contributed by atoms with Gasteiger partial charge in [-0.05, 0) is 60.7 Å². The van der Waals surface area contributed by atoms with Crippen molar-refractivity contribution in [3.8, 4) is 11.6 Å². The van der Waals surface area contributed by atoms with Gasteiger partial charge in [-0.3, -0.25) is 0 Å². The molecule has 180 valence electrons. The van der Waals surface area contributed by atoms with Gasteiger partial charge in [0.15, 0.2) is 5.58 Å². The van der Waals surface area contributed by atoms with Crippen LogP contribution in [0.5, 0.6) is 0 Å². The number of hydrogen-bond acceptors (Lipinski definition) is 4. The molecule has 3 aromatic carbocycles. The van der Waals surface area contributed by atoms with E-state index in [4.69, 9.17) is 4.42 Å². The zero-order valence-corrected chi connectivity index (χ0v) is 20.6. The van der Waals surface area contributed by atoms with Crippen molar-refractivity contribution in [3.05, 3.63) is 83.9 Å². The molecule has 0 aliphatic carbocycles. The molecule has 2 N–H and O–H groups in total. The maximum Gasteiger partial charge on any atom is 0.244 e. The van der Waals surface area contributed by atoms with E-state index in [1.165, 1.54) is 18.4 Å². The molecular formula is C28H29N3O3S. The lowest BCUT2D eigenvalue weighted by Gasteiger charge is -2.08. The molecule has 35 heavy (non-hydrogen) atoms. The third-order valence-corrected chi connectivity index (χ3v) is 7.77. The van der Waals surface area contributed by atoms with Crippen LogP contribution in [0, 0.1) is 0 Å². The van der Waals surface area contributed by atoms with Crippen LogP contribution in [0.3, 0.4) is 0 Å². The Labute approximate surface area is 205 Å². The van der Waals surface area contributed by atoms with Gasteiger partial charge in [-0.1, -0.05) is 62.2 Å². The Kier molecular flexibility index (Phi) is 6.70. The molecule has 0 saturated heterocycles. The molecular weight excluding hydrogens is 458 g/mol. The largest absolute Gasteiger partial charge is 0.435 e. The minimum absolute atomic E-state index is 0.260. The van der Waals surface area contributed by atoms with Crippen molar-refractivity contribution in [3.63, 3.8) is 0 Å². The Morgan fingerprint density at radius 2 is 1.69 bits per heavy atom. The Balaban J connectivity index is 1.35. The molecule has 2 heterocycles. The number of H-pyrrole nitrogens is 1. The van der Waals surface area contributed by atoms with Crippen LogP contribution in [0.4, 0.5) is 0 Å². The highest BCUT2D eigenvalue weighted by molar-refractivity contribution is 7.89. The Bertz CT molecular complexity index is 1520. The molecule has 0 saturated carbocycles. The molecule has 7 heteroatoms. The van der Waals surface area contributed by atoms with E-state index in [1.807, 2.05) is 60.7 Å². The minimum Gasteiger partial charge on any atom is -0.435 e. The predicted molar refractivity (Wildman–Crippen MR) is 140 cm³/mol. The number of benzene rings is 3. The van der Waals surface area contributed by atoms with E-state index in [1.54, 1.807) is 12.1 Å². The van der Waals surface area contributed by atoms with Crippen molar-refractivity contribution in [2.24, 2.45) is 0 Å². The zero-order chi connectivity index (χ0) is 24.3. The second-order valence-electron chi connectivity index (χ2n) is 8.76. The summed E-state index contributed by atoms with van der Waals surface area (Å²) in [5.74, 6) is 0.499. The van der Waals surface area contributed by atoms with Crippen molar-refractivity contribution in [1.82, 2.24) is 14.7 Å². The number of sulfonamides is 1. The molecule has 0 aliphatic heterocycles. The van der Waals surface area contributed by atoms with Gasteiger partial charge in [0.2, 0.25) is 15.9 Å². The van der Waals surface area contributed by atoms with Gasteiger partial charge >= 0.3 is 0 Å². The zero-order valence-electron chi connectivity index (χ0n) is 19.8. The lowest BCUT2D eigenvalue weighted by atomic mass is 10.1. The van der Waals surface area contributed by atoms with Crippen LogP contribution in [-0.2, 0) is 22.9 Å². The fourth-order valence-electron chi connectivity index (χ4n) is 4.43. The summed E-state index contributed by atoms with van der Waals surface area (Å²) in [6, 6.07) is 22.8. The van der Waals surface area contributed by atoms with Gasteiger partial charge in [0, 0.05) is 17.4 Å². The molecule has 0 atom stereocenters. The molecule has 0 amide bonds. The monoisotopic (exact) mass is 487 g/mol. The first-order chi connectivity index (χ1) is 17.0. The van der Waals surface area contributed by atoms with Crippen molar-refractivity contribution in [1.29, 1.82) is 0 Å². The average Bonchev–Trinajstić information content (AvgIpc) is 3.46. The first-order valence-corrected chi connectivity index (χ1v) is 13.6. The van der Waals surface area contributed by atoms with Crippen molar-refractivity contribution in [2.75, 3.05) is 6.54 Å².